The van der Waals surface area contributed by atoms with E-state index >= 15 is 0 Å². The molecule has 1 aromatic rings. The summed E-state index contributed by atoms with van der Waals surface area (Å²) in [7, 11) is 4.21. The summed E-state index contributed by atoms with van der Waals surface area (Å²) in [5.41, 5.74) is 2.75. The van der Waals surface area contributed by atoms with Gasteiger partial charge < -0.3 is 10.2 Å². The predicted octanol–water partition coefficient (Wildman–Crippen LogP) is 3.16. The van der Waals surface area contributed by atoms with Crippen molar-refractivity contribution < 1.29 is 0 Å². The summed E-state index contributed by atoms with van der Waals surface area (Å²) in [5, 5.41) is 3.39. The second kappa shape index (κ2) is 7.62. The van der Waals surface area contributed by atoms with E-state index in [-0.39, 0.29) is 0 Å². The molecule has 1 rings (SSSR count). The first kappa shape index (κ1) is 14.4. The number of nitrogens with one attached hydrogen (secondary N) is 1. The average Bonchev–Trinajstić information content (AvgIpc) is 2.38. The highest BCUT2D eigenvalue weighted by atomic mass is 32.2. The van der Waals surface area contributed by atoms with Crippen LogP contribution >= 0.6 is 11.8 Å². The van der Waals surface area contributed by atoms with Gasteiger partial charge in [-0.05, 0) is 31.4 Å². The molecule has 1 atom stereocenters. The van der Waals surface area contributed by atoms with Crippen molar-refractivity contribution in [2.75, 3.05) is 37.5 Å². The van der Waals surface area contributed by atoms with Crippen molar-refractivity contribution in [2.45, 2.75) is 19.4 Å². The van der Waals surface area contributed by atoms with E-state index in [0.29, 0.717) is 6.04 Å². The first-order valence-electron chi connectivity index (χ1n) is 6.20. The molecule has 2 nitrogen and oxygen atoms in total. The minimum Gasteiger partial charge on any atom is -0.373 e. The van der Waals surface area contributed by atoms with E-state index < -0.39 is 0 Å². The Morgan fingerprint density at radius 3 is 2.65 bits per heavy atom. The van der Waals surface area contributed by atoms with Gasteiger partial charge in [0.05, 0.1) is 0 Å². The maximum Gasteiger partial charge on any atom is 0.0412 e. The molecule has 0 aliphatic carbocycles. The molecule has 0 saturated heterocycles. The second-order valence-corrected chi connectivity index (χ2v) is 5.21. The molecule has 0 aliphatic rings. The molecule has 1 aromatic carbocycles. The van der Waals surface area contributed by atoms with Gasteiger partial charge >= 0.3 is 0 Å². The van der Waals surface area contributed by atoms with Crippen LogP contribution in [0.5, 0.6) is 0 Å². The third-order valence-electron chi connectivity index (χ3n) is 3.11. The molecule has 1 N–H and O–H groups in total. The molecule has 0 amide bonds. The molecule has 0 spiro atoms. The van der Waals surface area contributed by atoms with Crippen LogP contribution in [0.25, 0.3) is 0 Å². The normalized spacial score (nSPS) is 12.5. The molecule has 0 aliphatic heterocycles. The lowest BCUT2D eigenvalue weighted by molar-refractivity contribution is 0.576. The molecule has 0 aromatic heterocycles. The zero-order valence-electron chi connectivity index (χ0n) is 11.4. The monoisotopic (exact) mass is 252 g/mol. The number of anilines is 1. The van der Waals surface area contributed by atoms with Crippen LogP contribution in [0.15, 0.2) is 24.3 Å². The van der Waals surface area contributed by atoms with Gasteiger partial charge in [-0.2, -0.15) is 11.8 Å². The van der Waals surface area contributed by atoms with Crippen molar-refractivity contribution >= 4 is 17.4 Å². The Hall–Kier alpha value is -0.670. The Morgan fingerprint density at radius 1 is 1.35 bits per heavy atom. The zero-order chi connectivity index (χ0) is 12.7. The number of hydrogen-bond donors (Lipinski definition) is 1. The number of thioether (sulfide) groups is 1. The first-order chi connectivity index (χ1) is 8.24. The SMILES string of the molecule is CCC(NC)c1ccccc1N(C)CCSC. The van der Waals surface area contributed by atoms with Gasteiger partial charge in [-0.15, -0.1) is 0 Å². The van der Waals surface area contributed by atoms with Crippen LogP contribution in [0.2, 0.25) is 0 Å². The van der Waals surface area contributed by atoms with Crippen molar-refractivity contribution in [3.63, 3.8) is 0 Å². The van der Waals surface area contributed by atoms with Gasteiger partial charge in [0, 0.05) is 31.1 Å². The van der Waals surface area contributed by atoms with Crippen LogP contribution in [-0.2, 0) is 0 Å². The second-order valence-electron chi connectivity index (χ2n) is 4.22. The Balaban J connectivity index is 2.90. The van der Waals surface area contributed by atoms with E-state index in [4.69, 9.17) is 0 Å². The summed E-state index contributed by atoms with van der Waals surface area (Å²) in [4.78, 5) is 2.35. The Kier molecular flexibility index (Phi) is 6.45. The van der Waals surface area contributed by atoms with Crippen LogP contribution in [0.1, 0.15) is 24.9 Å². The molecule has 96 valence electrons. The smallest absolute Gasteiger partial charge is 0.0412 e. The molecular formula is C14H24N2S. The molecule has 0 heterocycles. The molecule has 3 heteroatoms. The Bertz CT molecular complexity index is 324. The fraction of sp³-hybridized carbons (Fsp3) is 0.571. The van der Waals surface area contributed by atoms with E-state index in [1.807, 2.05) is 18.8 Å². The predicted molar refractivity (Wildman–Crippen MR) is 80.2 cm³/mol. The Labute approximate surface area is 110 Å². The van der Waals surface area contributed by atoms with Crippen molar-refractivity contribution in [3.05, 3.63) is 29.8 Å². The lowest BCUT2D eigenvalue weighted by Crippen LogP contribution is -2.24. The van der Waals surface area contributed by atoms with E-state index in [2.05, 4.69) is 54.7 Å². The maximum absolute atomic E-state index is 3.39. The van der Waals surface area contributed by atoms with Crippen molar-refractivity contribution in [1.29, 1.82) is 0 Å². The van der Waals surface area contributed by atoms with E-state index in [1.54, 1.807) is 0 Å². The molecule has 0 fully saturated rings. The van der Waals surface area contributed by atoms with Crippen LogP contribution in [0, 0.1) is 0 Å². The zero-order valence-corrected chi connectivity index (χ0v) is 12.2. The van der Waals surface area contributed by atoms with Crippen LogP contribution in [0.3, 0.4) is 0 Å². The van der Waals surface area contributed by atoms with Gasteiger partial charge in [-0.1, -0.05) is 25.1 Å². The highest BCUT2D eigenvalue weighted by Gasteiger charge is 2.13. The number of hydrogen-bond acceptors (Lipinski definition) is 3. The van der Waals surface area contributed by atoms with Gasteiger partial charge in [0.2, 0.25) is 0 Å². The lowest BCUT2D eigenvalue weighted by atomic mass is 10.0. The summed E-state index contributed by atoms with van der Waals surface area (Å²) < 4.78 is 0. The highest BCUT2D eigenvalue weighted by molar-refractivity contribution is 7.98. The van der Waals surface area contributed by atoms with E-state index in [9.17, 15) is 0 Å². The number of para-hydroxylation sites is 1. The largest absolute Gasteiger partial charge is 0.373 e. The molecular weight excluding hydrogens is 228 g/mol. The Morgan fingerprint density at radius 2 is 2.06 bits per heavy atom. The lowest BCUT2D eigenvalue weighted by Gasteiger charge is -2.25. The third kappa shape index (κ3) is 3.93. The summed E-state index contributed by atoms with van der Waals surface area (Å²) >= 11 is 1.89. The molecule has 1 unspecified atom stereocenters. The van der Waals surface area contributed by atoms with E-state index in [0.717, 1.165) is 13.0 Å². The fourth-order valence-corrected chi connectivity index (χ4v) is 2.51. The first-order valence-corrected chi connectivity index (χ1v) is 7.60. The van der Waals surface area contributed by atoms with Gasteiger partial charge in [-0.25, -0.2) is 0 Å². The third-order valence-corrected chi connectivity index (χ3v) is 3.70. The minimum atomic E-state index is 0.447. The van der Waals surface area contributed by atoms with Crippen molar-refractivity contribution in [3.8, 4) is 0 Å². The molecule has 0 bridgehead atoms. The van der Waals surface area contributed by atoms with Crippen molar-refractivity contribution in [2.24, 2.45) is 0 Å². The summed E-state index contributed by atoms with van der Waals surface area (Å²) in [6.45, 7) is 3.32. The fourth-order valence-electron chi connectivity index (χ4n) is 2.06. The van der Waals surface area contributed by atoms with Crippen molar-refractivity contribution in [1.82, 2.24) is 5.32 Å². The average molecular weight is 252 g/mol. The van der Waals surface area contributed by atoms with Gasteiger partial charge in [-0.3, -0.25) is 0 Å². The number of benzene rings is 1. The molecule has 0 radical (unpaired) electrons. The minimum absolute atomic E-state index is 0.447. The van der Waals surface area contributed by atoms with Crippen LogP contribution in [0.4, 0.5) is 5.69 Å². The van der Waals surface area contributed by atoms with Crippen LogP contribution in [-0.4, -0.2) is 32.6 Å². The quantitative estimate of drug-likeness (QED) is 0.802. The highest BCUT2D eigenvalue weighted by Crippen LogP contribution is 2.27. The molecule has 0 saturated carbocycles. The molecule has 17 heavy (non-hydrogen) atoms. The van der Waals surface area contributed by atoms with E-state index in [1.165, 1.54) is 17.0 Å². The summed E-state index contributed by atoms with van der Waals surface area (Å²) in [5.74, 6) is 1.17. The van der Waals surface area contributed by atoms with Gasteiger partial charge in [0.15, 0.2) is 0 Å². The van der Waals surface area contributed by atoms with Gasteiger partial charge in [0.25, 0.3) is 0 Å². The summed E-state index contributed by atoms with van der Waals surface area (Å²) in [6.07, 6.45) is 3.27. The maximum atomic E-state index is 3.39. The number of nitrogens with zero attached hydrogens (tertiary/aromatic N) is 1. The number of rotatable bonds is 7. The topological polar surface area (TPSA) is 15.3 Å². The standard InChI is InChI=1S/C14H24N2S/c1-5-13(15-2)12-8-6-7-9-14(12)16(3)10-11-17-4/h6-9,13,15H,5,10-11H2,1-4H3. The van der Waals surface area contributed by atoms with Gasteiger partial charge in [0.1, 0.15) is 0 Å². The summed E-state index contributed by atoms with van der Waals surface area (Å²) in [6, 6.07) is 9.14. The van der Waals surface area contributed by atoms with Crippen LogP contribution < -0.4 is 10.2 Å².